The second-order valence-electron chi connectivity index (χ2n) is 6.13. The second-order valence-corrected chi connectivity index (χ2v) is 6.13. The van der Waals surface area contributed by atoms with Crippen molar-refractivity contribution in [1.82, 2.24) is 9.80 Å². The van der Waals surface area contributed by atoms with Crippen molar-refractivity contribution in [2.45, 2.75) is 38.6 Å². The van der Waals surface area contributed by atoms with Crippen LogP contribution in [0.25, 0.3) is 0 Å². The molecular formula is C14H27N3O. The minimum absolute atomic E-state index is 0.225. The van der Waals surface area contributed by atoms with E-state index in [2.05, 4.69) is 23.8 Å². The van der Waals surface area contributed by atoms with E-state index in [1.165, 1.54) is 0 Å². The Morgan fingerprint density at radius 2 is 1.94 bits per heavy atom. The fraction of sp³-hybridized carbons (Fsp3) is 0.929. The van der Waals surface area contributed by atoms with Gasteiger partial charge in [-0.3, -0.25) is 4.79 Å². The smallest absolute Gasteiger partial charge is 0.225 e. The monoisotopic (exact) mass is 253 g/mol. The summed E-state index contributed by atoms with van der Waals surface area (Å²) in [7, 11) is 2.13. The first-order chi connectivity index (χ1) is 8.58. The molecule has 2 aliphatic rings. The van der Waals surface area contributed by atoms with E-state index in [1.54, 1.807) is 0 Å². The quantitative estimate of drug-likeness (QED) is 0.756. The Bertz CT molecular complexity index is 289. The molecule has 1 amide bonds. The van der Waals surface area contributed by atoms with E-state index in [0.717, 1.165) is 51.9 Å². The molecule has 2 rings (SSSR count). The highest BCUT2D eigenvalue weighted by Crippen LogP contribution is 2.29. The summed E-state index contributed by atoms with van der Waals surface area (Å²) < 4.78 is 0. The largest absolute Gasteiger partial charge is 0.341 e. The van der Waals surface area contributed by atoms with E-state index in [4.69, 9.17) is 5.73 Å². The van der Waals surface area contributed by atoms with Crippen LogP contribution in [0.4, 0.5) is 0 Å². The van der Waals surface area contributed by atoms with Crippen LogP contribution in [0.15, 0.2) is 0 Å². The van der Waals surface area contributed by atoms with E-state index < -0.39 is 0 Å². The molecule has 2 fully saturated rings. The molecule has 0 aromatic heterocycles. The lowest BCUT2D eigenvalue weighted by molar-refractivity contribution is -0.137. The normalized spacial score (nSPS) is 35.3. The van der Waals surface area contributed by atoms with E-state index in [9.17, 15) is 4.79 Å². The third-order valence-corrected chi connectivity index (χ3v) is 4.62. The van der Waals surface area contributed by atoms with Crippen molar-refractivity contribution >= 4 is 5.91 Å². The summed E-state index contributed by atoms with van der Waals surface area (Å²) in [4.78, 5) is 16.9. The fourth-order valence-corrected chi connectivity index (χ4v) is 3.17. The summed E-state index contributed by atoms with van der Waals surface area (Å²) >= 11 is 0. The van der Waals surface area contributed by atoms with Gasteiger partial charge in [0.2, 0.25) is 5.91 Å². The van der Waals surface area contributed by atoms with E-state index in [1.807, 2.05) is 0 Å². The minimum atomic E-state index is 0.225. The van der Waals surface area contributed by atoms with Crippen molar-refractivity contribution in [2.24, 2.45) is 17.6 Å². The lowest BCUT2D eigenvalue weighted by atomic mass is 9.78. The SMILES string of the molecule is CC1CC(C(=O)N2CCCN(C)CC2)CCC1N. The molecule has 3 unspecified atom stereocenters. The van der Waals surface area contributed by atoms with E-state index in [-0.39, 0.29) is 5.92 Å². The Hall–Kier alpha value is -0.610. The Labute approximate surface area is 110 Å². The summed E-state index contributed by atoms with van der Waals surface area (Å²) in [5.74, 6) is 1.09. The summed E-state index contributed by atoms with van der Waals surface area (Å²) in [6.07, 6.45) is 4.07. The molecule has 0 aromatic carbocycles. The number of carbonyl (C=O) groups is 1. The lowest BCUT2D eigenvalue weighted by Gasteiger charge is -2.34. The lowest BCUT2D eigenvalue weighted by Crippen LogP contribution is -2.43. The zero-order chi connectivity index (χ0) is 13.1. The van der Waals surface area contributed by atoms with Gasteiger partial charge in [0.15, 0.2) is 0 Å². The maximum atomic E-state index is 12.5. The predicted octanol–water partition coefficient (Wildman–Crippen LogP) is 0.914. The molecule has 1 aliphatic carbocycles. The molecule has 1 saturated carbocycles. The van der Waals surface area contributed by atoms with Gasteiger partial charge in [-0.2, -0.15) is 0 Å². The number of rotatable bonds is 1. The molecule has 2 N–H and O–H groups in total. The summed E-state index contributed by atoms with van der Waals surface area (Å²) in [5.41, 5.74) is 6.03. The fourth-order valence-electron chi connectivity index (χ4n) is 3.17. The third kappa shape index (κ3) is 3.23. The molecule has 1 saturated heterocycles. The minimum Gasteiger partial charge on any atom is -0.341 e. The van der Waals surface area contributed by atoms with Crippen LogP contribution in [-0.2, 0) is 4.79 Å². The van der Waals surface area contributed by atoms with Gasteiger partial charge in [-0.1, -0.05) is 6.92 Å². The number of carbonyl (C=O) groups excluding carboxylic acids is 1. The number of hydrogen-bond donors (Lipinski definition) is 1. The van der Waals surface area contributed by atoms with Crippen LogP contribution in [0.1, 0.15) is 32.6 Å². The number of hydrogen-bond acceptors (Lipinski definition) is 3. The molecule has 0 aromatic rings. The van der Waals surface area contributed by atoms with Crippen molar-refractivity contribution in [1.29, 1.82) is 0 Å². The van der Waals surface area contributed by atoms with Crippen LogP contribution >= 0.6 is 0 Å². The van der Waals surface area contributed by atoms with Gasteiger partial charge in [-0.25, -0.2) is 0 Å². The number of nitrogens with zero attached hydrogens (tertiary/aromatic N) is 2. The van der Waals surface area contributed by atoms with Gasteiger partial charge in [0.1, 0.15) is 0 Å². The predicted molar refractivity (Wildman–Crippen MR) is 73.2 cm³/mol. The molecule has 3 atom stereocenters. The van der Waals surface area contributed by atoms with Gasteiger partial charge in [-0.05, 0) is 45.2 Å². The standard InChI is InChI=1S/C14H27N3O/c1-11-10-12(4-5-13(11)15)14(18)17-7-3-6-16(2)8-9-17/h11-13H,3-10,15H2,1-2H3. The van der Waals surface area contributed by atoms with Gasteiger partial charge in [0, 0.05) is 31.6 Å². The molecular weight excluding hydrogens is 226 g/mol. The van der Waals surface area contributed by atoms with Crippen molar-refractivity contribution < 1.29 is 4.79 Å². The topological polar surface area (TPSA) is 49.6 Å². The average Bonchev–Trinajstić information content (AvgIpc) is 2.57. The van der Waals surface area contributed by atoms with Crippen molar-refractivity contribution in [2.75, 3.05) is 33.2 Å². The van der Waals surface area contributed by atoms with Gasteiger partial charge < -0.3 is 15.5 Å². The molecule has 104 valence electrons. The first-order valence-corrected chi connectivity index (χ1v) is 7.31. The van der Waals surface area contributed by atoms with Crippen molar-refractivity contribution in [3.05, 3.63) is 0 Å². The molecule has 1 heterocycles. The van der Waals surface area contributed by atoms with Crippen LogP contribution in [0.5, 0.6) is 0 Å². The Kier molecular flexibility index (Phi) is 4.62. The van der Waals surface area contributed by atoms with Gasteiger partial charge >= 0.3 is 0 Å². The molecule has 4 nitrogen and oxygen atoms in total. The molecule has 4 heteroatoms. The molecule has 0 spiro atoms. The van der Waals surface area contributed by atoms with Crippen LogP contribution in [0, 0.1) is 11.8 Å². The van der Waals surface area contributed by atoms with Crippen LogP contribution in [0.2, 0.25) is 0 Å². The van der Waals surface area contributed by atoms with Crippen LogP contribution in [0.3, 0.4) is 0 Å². The van der Waals surface area contributed by atoms with Crippen molar-refractivity contribution in [3.63, 3.8) is 0 Å². The Balaban J connectivity index is 1.90. The Morgan fingerprint density at radius 1 is 1.17 bits per heavy atom. The summed E-state index contributed by atoms with van der Waals surface area (Å²) in [5, 5.41) is 0. The van der Waals surface area contributed by atoms with Gasteiger partial charge in [0.05, 0.1) is 0 Å². The number of nitrogens with two attached hydrogens (primary N) is 1. The number of likely N-dealkylation sites (N-methyl/N-ethyl adjacent to an activating group) is 1. The van der Waals surface area contributed by atoms with Crippen LogP contribution < -0.4 is 5.73 Å². The Morgan fingerprint density at radius 3 is 2.67 bits per heavy atom. The maximum absolute atomic E-state index is 12.5. The molecule has 0 radical (unpaired) electrons. The van der Waals surface area contributed by atoms with Crippen LogP contribution in [-0.4, -0.2) is 55.0 Å². The second kappa shape index (κ2) is 6.02. The first-order valence-electron chi connectivity index (χ1n) is 7.31. The highest BCUT2D eigenvalue weighted by molar-refractivity contribution is 5.79. The van der Waals surface area contributed by atoms with E-state index >= 15 is 0 Å². The highest BCUT2D eigenvalue weighted by Gasteiger charge is 2.32. The van der Waals surface area contributed by atoms with Gasteiger partial charge in [0.25, 0.3) is 0 Å². The maximum Gasteiger partial charge on any atom is 0.225 e. The molecule has 0 bridgehead atoms. The third-order valence-electron chi connectivity index (χ3n) is 4.62. The average molecular weight is 253 g/mol. The zero-order valence-electron chi connectivity index (χ0n) is 11.8. The number of amides is 1. The zero-order valence-corrected chi connectivity index (χ0v) is 11.8. The van der Waals surface area contributed by atoms with E-state index in [0.29, 0.717) is 17.9 Å². The van der Waals surface area contributed by atoms with Crippen molar-refractivity contribution in [3.8, 4) is 0 Å². The molecule has 1 aliphatic heterocycles. The molecule has 18 heavy (non-hydrogen) atoms. The van der Waals surface area contributed by atoms with Gasteiger partial charge in [-0.15, -0.1) is 0 Å². The first kappa shape index (κ1) is 13.8. The summed E-state index contributed by atoms with van der Waals surface area (Å²) in [6.45, 7) is 6.12. The highest BCUT2D eigenvalue weighted by atomic mass is 16.2. The summed E-state index contributed by atoms with van der Waals surface area (Å²) in [6, 6.07) is 0.296.